The fourth-order valence-electron chi connectivity index (χ4n) is 1.54. The average molecular weight is 188 g/mol. The van der Waals surface area contributed by atoms with Gasteiger partial charge in [-0.15, -0.1) is 0 Å². The van der Waals surface area contributed by atoms with Crippen LogP contribution in [0, 0.1) is 0 Å². The number of hydrogen-bond donors (Lipinski definition) is 1. The molecule has 0 aromatic heterocycles. The van der Waals surface area contributed by atoms with Gasteiger partial charge in [0.1, 0.15) is 0 Å². The average Bonchev–Trinajstić information content (AvgIpc) is 2.14. The van der Waals surface area contributed by atoms with E-state index in [2.05, 4.69) is 13.8 Å². The number of aliphatic hydroxyl groups is 1. The summed E-state index contributed by atoms with van der Waals surface area (Å²) in [6.45, 7) is 4.29. The van der Waals surface area contributed by atoms with Crippen molar-refractivity contribution < 1.29 is 9.84 Å². The second-order valence-electron chi connectivity index (χ2n) is 3.63. The minimum Gasteiger partial charge on any atom is -0.390 e. The summed E-state index contributed by atoms with van der Waals surface area (Å²) in [7, 11) is 1.68. The molecular formula is C11H24O2. The molecule has 0 heterocycles. The molecule has 1 N–H and O–H groups in total. The Morgan fingerprint density at radius 2 is 1.77 bits per heavy atom. The van der Waals surface area contributed by atoms with Crippen molar-refractivity contribution in [2.75, 3.05) is 7.11 Å². The third-order valence-corrected chi connectivity index (χ3v) is 2.41. The summed E-state index contributed by atoms with van der Waals surface area (Å²) in [6, 6.07) is 0. The summed E-state index contributed by atoms with van der Waals surface area (Å²) in [5, 5.41) is 9.74. The van der Waals surface area contributed by atoms with Crippen LogP contribution in [0.15, 0.2) is 0 Å². The molecule has 0 radical (unpaired) electrons. The zero-order valence-corrected chi connectivity index (χ0v) is 9.25. The number of ether oxygens (including phenoxy) is 1. The molecule has 2 unspecified atom stereocenters. The standard InChI is InChI=1S/C11H24O2/c1-4-6-7-9-10(12)11(13-3)8-5-2/h10-12H,4-9H2,1-3H3. The van der Waals surface area contributed by atoms with E-state index in [1.807, 2.05) is 0 Å². The van der Waals surface area contributed by atoms with Gasteiger partial charge in [-0.05, 0) is 12.8 Å². The van der Waals surface area contributed by atoms with Crippen molar-refractivity contribution >= 4 is 0 Å². The van der Waals surface area contributed by atoms with Crippen molar-refractivity contribution in [1.82, 2.24) is 0 Å². The summed E-state index contributed by atoms with van der Waals surface area (Å²) in [6.07, 6.45) is 6.22. The topological polar surface area (TPSA) is 29.5 Å². The third kappa shape index (κ3) is 6.05. The van der Waals surface area contributed by atoms with Gasteiger partial charge < -0.3 is 9.84 Å². The highest BCUT2D eigenvalue weighted by molar-refractivity contribution is 4.68. The van der Waals surface area contributed by atoms with E-state index in [9.17, 15) is 5.11 Å². The summed E-state index contributed by atoms with van der Waals surface area (Å²) in [4.78, 5) is 0. The first kappa shape index (κ1) is 12.9. The second kappa shape index (κ2) is 8.52. The molecule has 0 rings (SSSR count). The van der Waals surface area contributed by atoms with Crippen LogP contribution in [0.25, 0.3) is 0 Å². The van der Waals surface area contributed by atoms with Gasteiger partial charge in [0.05, 0.1) is 12.2 Å². The monoisotopic (exact) mass is 188 g/mol. The lowest BCUT2D eigenvalue weighted by Crippen LogP contribution is -2.27. The number of unbranched alkanes of at least 4 members (excludes halogenated alkanes) is 2. The van der Waals surface area contributed by atoms with Gasteiger partial charge in [0.15, 0.2) is 0 Å². The molecule has 0 aromatic rings. The molecule has 0 bridgehead atoms. The van der Waals surface area contributed by atoms with Gasteiger partial charge in [-0.25, -0.2) is 0 Å². The Hall–Kier alpha value is -0.0800. The molecule has 80 valence electrons. The molecule has 0 aliphatic rings. The third-order valence-electron chi connectivity index (χ3n) is 2.41. The minimum absolute atomic E-state index is 0.0434. The number of hydrogen-bond acceptors (Lipinski definition) is 2. The quantitative estimate of drug-likeness (QED) is 0.593. The first-order chi connectivity index (χ1) is 6.26. The molecule has 0 amide bonds. The molecule has 0 fully saturated rings. The SMILES string of the molecule is CCCCCC(O)C(CCC)OC. The zero-order valence-electron chi connectivity index (χ0n) is 9.25. The first-order valence-electron chi connectivity index (χ1n) is 5.47. The summed E-state index contributed by atoms with van der Waals surface area (Å²) in [5.41, 5.74) is 0. The normalized spacial score (nSPS) is 15.7. The van der Waals surface area contributed by atoms with Gasteiger partial charge in [-0.2, -0.15) is 0 Å². The van der Waals surface area contributed by atoms with Gasteiger partial charge in [0.25, 0.3) is 0 Å². The smallest absolute Gasteiger partial charge is 0.0830 e. The Bertz CT molecular complexity index is 104. The highest BCUT2D eigenvalue weighted by Gasteiger charge is 2.16. The maximum atomic E-state index is 9.74. The molecule has 0 saturated carbocycles. The Morgan fingerprint density at radius 1 is 1.08 bits per heavy atom. The molecule has 2 heteroatoms. The zero-order chi connectivity index (χ0) is 10.1. The Labute approximate surface area is 82.3 Å². The van der Waals surface area contributed by atoms with Crippen LogP contribution in [-0.2, 0) is 4.74 Å². The van der Waals surface area contributed by atoms with E-state index in [0.29, 0.717) is 0 Å². The Balaban J connectivity index is 3.57. The van der Waals surface area contributed by atoms with Gasteiger partial charge in [0, 0.05) is 7.11 Å². The maximum Gasteiger partial charge on any atom is 0.0830 e. The minimum atomic E-state index is -0.267. The number of rotatable bonds is 8. The van der Waals surface area contributed by atoms with Crippen LogP contribution in [-0.4, -0.2) is 24.4 Å². The molecule has 2 atom stereocenters. The predicted octanol–water partition coefficient (Wildman–Crippen LogP) is 2.74. The van der Waals surface area contributed by atoms with Crippen molar-refractivity contribution in [3.05, 3.63) is 0 Å². The molecule has 0 aliphatic carbocycles. The first-order valence-corrected chi connectivity index (χ1v) is 5.47. The van der Waals surface area contributed by atoms with E-state index in [1.165, 1.54) is 12.8 Å². The summed E-state index contributed by atoms with van der Waals surface area (Å²) < 4.78 is 5.23. The van der Waals surface area contributed by atoms with Crippen LogP contribution in [0.4, 0.5) is 0 Å². The lowest BCUT2D eigenvalue weighted by Gasteiger charge is -2.20. The van der Waals surface area contributed by atoms with Crippen molar-refractivity contribution in [2.24, 2.45) is 0 Å². The molecule has 0 aromatic carbocycles. The highest BCUT2D eigenvalue weighted by Crippen LogP contribution is 2.12. The molecular weight excluding hydrogens is 164 g/mol. The van der Waals surface area contributed by atoms with E-state index in [1.54, 1.807) is 7.11 Å². The van der Waals surface area contributed by atoms with Crippen molar-refractivity contribution in [2.45, 2.75) is 64.6 Å². The largest absolute Gasteiger partial charge is 0.390 e. The van der Waals surface area contributed by atoms with Crippen LogP contribution >= 0.6 is 0 Å². The number of aliphatic hydroxyl groups excluding tert-OH is 1. The Morgan fingerprint density at radius 3 is 2.23 bits per heavy atom. The van der Waals surface area contributed by atoms with Gasteiger partial charge in [0.2, 0.25) is 0 Å². The highest BCUT2D eigenvalue weighted by atomic mass is 16.5. The number of methoxy groups -OCH3 is 1. The van der Waals surface area contributed by atoms with Gasteiger partial charge in [-0.3, -0.25) is 0 Å². The fraction of sp³-hybridized carbons (Fsp3) is 1.00. The fourth-order valence-corrected chi connectivity index (χ4v) is 1.54. The van der Waals surface area contributed by atoms with E-state index >= 15 is 0 Å². The lowest BCUT2D eigenvalue weighted by molar-refractivity contribution is -0.0211. The van der Waals surface area contributed by atoms with E-state index in [4.69, 9.17) is 4.74 Å². The van der Waals surface area contributed by atoms with Crippen LogP contribution in [0.3, 0.4) is 0 Å². The predicted molar refractivity (Wildman–Crippen MR) is 55.9 cm³/mol. The molecule has 0 saturated heterocycles. The van der Waals surface area contributed by atoms with Crippen molar-refractivity contribution in [3.8, 4) is 0 Å². The molecule has 0 spiro atoms. The van der Waals surface area contributed by atoms with Crippen molar-refractivity contribution in [3.63, 3.8) is 0 Å². The molecule has 2 nitrogen and oxygen atoms in total. The lowest BCUT2D eigenvalue weighted by atomic mass is 10.0. The molecule has 0 aliphatic heterocycles. The van der Waals surface area contributed by atoms with Gasteiger partial charge >= 0.3 is 0 Å². The summed E-state index contributed by atoms with van der Waals surface area (Å²) >= 11 is 0. The van der Waals surface area contributed by atoms with Crippen LogP contribution < -0.4 is 0 Å². The van der Waals surface area contributed by atoms with Crippen molar-refractivity contribution in [1.29, 1.82) is 0 Å². The molecule has 13 heavy (non-hydrogen) atoms. The van der Waals surface area contributed by atoms with E-state index in [-0.39, 0.29) is 12.2 Å². The Kier molecular flexibility index (Phi) is 8.46. The van der Waals surface area contributed by atoms with E-state index < -0.39 is 0 Å². The van der Waals surface area contributed by atoms with Crippen LogP contribution in [0.5, 0.6) is 0 Å². The maximum absolute atomic E-state index is 9.74. The van der Waals surface area contributed by atoms with Crippen LogP contribution in [0.2, 0.25) is 0 Å². The van der Waals surface area contributed by atoms with Crippen LogP contribution in [0.1, 0.15) is 52.4 Å². The second-order valence-corrected chi connectivity index (χ2v) is 3.63. The summed E-state index contributed by atoms with van der Waals surface area (Å²) in [5.74, 6) is 0. The van der Waals surface area contributed by atoms with E-state index in [0.717, 1.165) is 25.7 Å². The van der Waals surface area contributed by atoms with Gasteiger partial charge in [-0.1, -0.05) is 39.5 Å².